The fourth-order valence-electron chi connectivity index (χ4n) is 15.6. The largest absolute Gasteiger partial charge is 0.390 e. The molecule has 36 heteroatoms. The standard InChI is InChI=1S/C36H45F2N5O5.C35H43F2N5O5.C34H41F2N5O5/c1-4-12-42(13-5-2)36(48)28-20-26(34(39)46)19-27(21-28)35(47)40-31(17-25-15-29(37)22-30(38)16-25)32(44)23-43(14-6-3)41-33(45)18-24-10-8-7-9-11-24;1-4-12-41(13-5-2)35(47)27-19-25(33(38)45)18-26(20-27)34(46)39-30(16-24-14-28(36)21-29(37)15-24)31(43)22-42(6-3)40-32(44)17-23-10-8-7-9-11-23;1-4-11-41(12-5-2)34(46)26-18-24(32(37)44)17-25(19-26)33(45)38-29(15-23-13-27(35)20-28(36)14-23)30(42)21-40(3)39-31(43)16-22-9-7-6-8-10-22/h7-11,15-16,19-22,31-32,44H,4-6,12-14,17-18,23H2,1-3H3,(H2,39,46)(H,40,47)(H,41,45);7-11,14-15,18-21,30-31,43H,4-6,12-13,16-17,22H2,1-3H3,(H2,38,45)(H,39,46)(H,40,44);6-10,13-14,17-20,29-30,42H,4-5,11-12,15-16,21H2,1-3H3,(H2,37,44)(H,38,45)(H,39,43). The average Bonchev–Trinajstić information content (AvgIpc) is 0.816. The molecule has 0 saturated carbocycles. The first-order valence-electron chi connectivity index (χ1n) is 47.0. The van der Waals surface area contributed by atoms with Gasteiger partial charge in [-0.2, -0.15) is 0 Å². The number of halogens is 6. The first-order valence-corrected chi connectivity index (χ1v) is 47.0. The van der Waals surface area contributed by atoms with Gasteiger partial charge in [0, 0.05) is 147 Å². The van der Waals surface area contributed by atoms with Crippen molar-refractivity contribution in [3.8, 4) is 0 Å². The van der Waals surface area contributed by atoms with Gasteiger partial charge in [-0.25, -0.2) is 41.4 Å². The van der Waals surface area contributed by atoms with Crippen LogP contribution in [0.15, 0.2) is 200 Å². The molecule has 0 aliphatic rings. The molecule has 6 atom stereocenters. The number of nitrogens with one attached hydrogen (secondary N) is 6. The predicted molar refractivity (Wildman–Crippen MR) is 523 cm³/mol. The number of carbonyl (C=O) groups is 12. The van der Waals surface area contributed by atoms with Crippen LogP contribution in [0.1, 0.15) is 227 Å². The van der Waals surface area contributed by atoms with Gasteiger partial charge in [-0.15, -0.1) is 0 Å². The van der Waals surface area contributed by atoms with E-state index in [-0.39, 0.29) is 160 Å². The number of likely N-dealkylation sites (N-methyl/N-ethyl adjacent to an activating group) is 2. The molecule has 30 nitrogen and oxygen atoms in total. The Kier molecular flexibility index (Phi) is 47.0. The Bertz CT molecular complexity index is 5620. The van der Waals surface area contributed by atoms with Gasteiger partial charge in [0.05, 0.1) is 55.7 Å². The van der Waals surface area contributed by atoms with Crippen molar-refractivity contribution in [3.05, 3.63) is 319 Å². The van der Waals surface area contributed by atoms with Crippen molar-refractivity contribution in [2.45, 2.75) is 175 Å². The minimum Gasteiger partial charge on any atom is -0.390 e. The summed E-state index contributed by atoms with van der Waals surface area (Å²) in [6.45, 7) is 18.3. The maximum atomic E-state index is 14.1. The minimum absolute atomic E-state index is 0.0569. The lowest BCUT2D eigenvalue weighted by atomic mass is 9.99. The van der Waals surface area contributed by atoms with Crippen LogP contribution >= 0.6 is 0 Å². The van der Waals surface area contributed by atoms with Crippen molar-refractivity contribution in [1.29, 1.82) is 0 Å². The number of carbonyl (C=O) groups excluding carboxylic acids is 12. The fourth-order valence-corrected chi connectivity index (χ4v) is 15.6. The maximum Gasteiger partial charge on any atom is 0.253 e. The van der Waals surface area contributed by atoms with Crippen LogP contribution in [-0.4, -0.2) is 231 Å². The first-order chi connectivity index (χ1) is 67.3. The third-order valence-electron chi connectivity index (χ3n) is 22.1. The Morgan fingerprint density at radius 1 is 0.291 bits per heavy atom. The predicted octanol–water partition coefficient (Wildman–Crippen LogP) is 10.9. The molecular weight excluding hydrogens is 1830 g/mol. The minimum atomic E-state index is -1.35. The summed E-state index contributed by atoms with van der Waals surface area (Å²) >= 11 is 0. The number of rotatable bonds is 51. The van der Waals surface area contributed by atoms with Gasteiger partial charge in [-0.3, -0.25) is 73.8 Å². The van der Waals surface area contributed by atoms with Gasteiger partial charge in [0.15, 0.2) is 0 Å². The van der Waals surface area contributed by atoms with Crippen LogP contribution in [-0.2, 0) is 52.9 Å². The Balaban J connectivity index is 0.000000287. The Morgan fingerprint density at radius 3 is 0.780 bits per heavy atom. The van der Waals surface area contributed by atoms with Gasteiger partial charge in [-0.05, 0) is 189 Å². The number of nitrogens with two attached hydrogens (primary N) is 3. The highest BCUT2D eigenvalue weighted by Gasteiger charge is 2.33. The molecule has 141 heavy (non-hydrogen) atoms. The molecule has 9 rings (SSSR count). The summed E-state index contributed by atoms with van der Waals surface area (Å²) in [6.07, 6.45) is 0.571. The summed E-state index contributed by atoms with van der Waals surface area (Å²) in [5.74, 6) is -11.9. The summed E-state index contributed by atoms with van der Waals surface area (Å²) in [4.78, 5) is 161. The smallest absolute Gasteiger partial charge is 0.253 e. The second-order valence-electron chi connectivity index (χ2n) is 34.2. The van der Waals surface area contributed by atoms with Crippen molar-refractivity contribution < 1.29 is 99.2 Å². The SMILES string of the molecule is CCCN(CC(O)C(Cc1cc(F)cc(F)c1)NC(=O)c1cc(C(N)=O)cc(C(=O)N(CCC)CCC)c1)NC(=O)Cc1ccccc1.CCCN(CCC)C(=O)c1cc(C(N)=O)cc(C(=O)NC(Cc2cc(F)cc(F)c2)C(O)CN(C)NC(=O)Cc2ccccc2)c1.CCCN(CCC)C(=O)c1cc(C(N)=O)cc(C(=O)NC(Cc2cc(F)cc(F)c2)C(O)CN(CC)NC(=O)Cc2ccccc2)c1. The van der Waals surface area contributed by atoms with E-state index in [4.69, 9.17) is 17.2 Å². The lowest BCUT2D eigenvalue weighted by Gasteiger charge is -2.30. The van der Waals surface area contributed by atoms with Crippen molar-refractivity contribution in [2.24, 2.45) is 17.2 Å². The van der Waals surface area contributed by atoms with Crippen LogP contribution < -0.4 is 49.4 Å². The van der Waals surface area contributed by atoms with Crippen molar-refractivity contribution in [2.75, 3.05) is 79.0 Å². The number of hydrazine groups is 3. The number of aliphatic hydroxyl groups is 3. The fraction of sp³-hybridized carbons (Fsp3) is 0.371. The lowest BCUT2D eigenvalue weighted by Crippen LogP contribution is -2.53. The number of aliphatic hydroxyl groups excluding tert-OH is 3. The van der Waals surface area contributed by atoms with Crippen LogP contribution in [0.2, 0.25) is 0 Å². The highest BCUT2D eigenvalue weighted by molar-refractivity contribution is 6.07. The van der Waals surface area contributed by atoms with E-state index in [2.05, 4.69) is 32.2 Å². The van der Waals surface area contributed by atoms with Crippen molar-refractivity contribution >= 4 is 70.9 Å². The lowest BCUT2D eigenvalue weighted by molar-refractivity contribution is -0.126. The highest BCUT2D eigenvalue weighted by Crippen LogP contribution is 2.24. The summed E-state index contributed by atoms with van der Waals surface area (Å²) in [5.41, 5.74) is 27.6. The van der Waals surface area contributed by atoms with E-state index in [1.807, 2.05) is 127 Å². The molecule has 6 unspecified atom stereocenters. The molecule has 0 aromatic heterocycles. The van der Waals surface area contributed by atoms with Crippen LogP contribution in [0.25, 0.3) is 0 Å². The van der Waals surface area contributed by atoms with Gasteiger partial charge in [-0.1, -0.05) is 146 Å². The van der Waals surface area contributed by atoms with Crippen LogP contribution in [0.3, 0.4) is 0 Å². The van der Waals surface area contributed by atoms with E-state index in [1.54, 1.807) is 33.8 Å². The second-order valence-corrected chi connectivity index (χ2v) is 34.2. The zero-order chi connectivity index (χ0) is 104. The summed E-state index contributed by atoms with van der Waals surface area (Å²) in [7, 11) is 1.53. The average molecular weight is 1960 g/mol. The van der Waals surface area contributed by atoms with Gasteiger partial charge in [0.1, 0.15) is 34.9 Å². The molecule has 9 aromatic rings. The molecule has 0 saturated heterocycles. The third-order valence-corrected chi connectivity index (χ3v) is 22.1. The first kappa shape index (κ1) is 114. The monoisotopic (exact) mass is 1950 g/mol. The molecule has 0 spiro atoms. The summed E-state index contributed by atoms with van der Waals surface area (Å²) < 4.78 is 84.5. The molecule has 0 aliphatic carbocycles. The number of hydrogen-bond acceptors (Lipinski definition) is 18. The quantitative estimate of drug-likeness (QED) is 0.0124. The Hall–Kier alpha value is -14.0. The molecular formula is C105H129F6N15O15. The van der Waals surface area contributed by atoms with Crippen LogP contribution in [0.5, 0.6) is 0 Å². The number of nitrogens with zero attached hydrogens (tertiary/aromatic N) is 6. The molecule has 0 bridgehead atoms. The molecule has 12 amide bonds. The molecule has 0 fully saturated rings. The number of benzene rings is 9. The van der Waals surface area contributed by atoms with E-state index in [0.717, 1.165) is 53.1 Å². The highest BCUT2D eigenvalue weighted by atomic mass is 19.2. The normalized spacial score (nSPS) is 12.3. The van der Waals surface area contributed by atoms with Crippen molar-refractivity contribution in [1.82, 2.24) is 62.0 Å². The second kappa shape index (κ2) is 58.1. The van der Waals surface area contributed by atoms with E-state index in [9.17, 15) is 99.2 Å². The Labute approximate surface area is 818 Å². The van der Waals surface area contributed by atoms with Crippen LogP contribution in [0.4, 0.5) is 26.3 Å². The zero-order valence-corrected chi connectivity index (χ0v) is 80.9. The van der Waals surface area contributed by atoms with Crippen LogP contribution in [0, 0.1) is 34.9 Å². The molecule has 15 N–H and O–H groups in total. The molecule has 0 aliphatic heterocycles. The third kappa shape index (κ3) is 38.2. The van der Waals surface area contributed by atoms with Gasteiger partial charge >= 0.3 is 0 Å². The van der Waals surface area contributed by atoms with E-state index >= 15 is 0 Å². The van der Waals surface area contributed by atoms with Gasteiger partial charge < -0.3 is 63.2 Å². The molecule has 756 valence electrons. The summed E-state index contributed by atoms with van der Waals surface area (Å²) in [5, 5.41) is 46.5. The maximum absolute atomic E-state index is 14.1. The topological polar surface area (TPSA) is 435 Å². The van der Waals surface area contributed by atoms with Crippen molar-refractivity contribution in [3.63, 3.8) is 0 Å². The van der Waals surface area contributed by atoms with Gasteiger partial charge in [0.2, 0.25) is 35.4 Å². The Morgan fingerprint density at radius 2 is 0.525 bits per heavy atom. The number of primary amides is 3. The molecule has 9 aromatic carbocycles. The van der Waals surface area contributed by atoms with E-state index in [0.29, 0.717) is 116 Å². The molecule has 0 radical (unpaired) electrons. The number of amides is 12. The summed E-state index contributed by atoms with van der Waals surface area (Å²) in [6, 6.07) is 44.4. The molecule has 0 heterocycles. The zero-order valence-electron chi connectivity index (χ0n) is 80.9. The van der Waals surface area contributed by atoms with E-state index < -0.39 is 107 Å². The van der Waals surface area contributed by atoms with E-state index in [1.165, 1.54) is 76.7 Å². The van der Waals surface area contributed by atoms with Gasteiger partial charge in [0.25, 0.3) is 35.4 Å². The number of hydrogen-bond donors (Lipinski definition) is 12.